The van der Waals surface area contributed by atoms with Crippen LogP contribution in [0.25, 0.3) is 0 Å². The van der Waals surface area contributed by atoms with Crippen molar-refractivity contribution in [2.75, 3.05) is 6.54 Å². The van der Waals surface area contributed by atoms with Crippen LogP contribution in [0.4, 0.5) is 8.78 Å². The molecule has 3 N–H and O–H groups in total. The molecule has 0 aromatic heterocycles. The molecule has 0 saturated heterocycles. The summed E-state index contributed by atoms with van der Waals surface area (Å²) in [5.41, 5.74) is 5.98. The van der Waals surface area contributed by atoms with E-state index in [1.807, 2.05) is 0 Å². The van der Waals surface area contributed by atoms with Gasteiger partial charge in [-0.05, 0) is 36.4 Å². The Labute approximate surface area is 137 Å². The van der Waals surface area contributed by atoms with Gasteiger partial charge in [-0.1, -0.05) is 11.8 Å². The van der Waals surface area contributed by atoms with Crippen LogP contribution < -0.4 is 10.5 Å². The van der Waals surface area contributed by atoms with E-state index in [4.69, 9.17) is 5.73 Å². The number of hydrogen-bond donors (Lipinski definition) is 2. The molecule has 5 nitrogen and oxygen atoms in total. The summed E-state index contributed by atoms with van der Waals surface area (Å²) < 4.78 is 52.1. The molecule has 0 aliphatic heterocycles. The maximum absolute atomic E-state index is 13.1. The lowest BCUT2D eigenvalue weighted by atomic mass is 10.1. The van der Waals surface area contributed by atoms with Crippen LogP contribution >= 0.6 is 0 Å². The molecule has 0 bridgehead atoms. The topological polar surface area (TPSA) is 89.3 Å². The maximum Gasteiger partial charge on any atom is 0.248 e. The monoisotopic (exact) mass is 350 g/mol. The van der Waals surface area contributed by atoms with Crippen LogP contribution in [0.3, 0.4) is 0 Å². The number of carbonyl (C=O) groups is 1. The zero-order valence-corrected chi connectivity index (χ0v) is 13.0. The number of halogens is 2. The second-order valence-corrected chi connectivity index (χ2v) is 6.44. The van der Waals surface area contributed by atoms with Crippen molar-refractivity contribution < 1.29 is 22.0 Å². The summed E-state index contributed by atoms with van der Waals surface area (Å²) in [6, 6.07) is 8.10. The molecule has 0 unspecified atom stereocenters. The minimum absolute atomic E-state index is 0.252. The first-order chi connectivity index (χ1) is 11.3. The molecule has 8 heteroatoms. The third-order valence-corrected chi connectivity index (χ3v) is 4.28. The van der Waals surface area contributed by atoms with Gasteiger partial charge in [0.25, 0.3) is 0 Å². The summed E-state index contributed by atoms with van der Waals surface area (Å²) in [4.78, 5) is 10.4. The van der Waals surface area contributed by atoms with E-state index in [0.29, 0.717) is 29.3 Å². The average Bonchev–Trinajstić information content (AvgIpc) is 2.51. The Morgan fingerprint density at radius 1 is 1.08 bits per heavy atom. The second kappa shape index (κ2) is 7.21. The Morgan fingerprint density at radius 2 is 1.67 bits per heavy atom. The van der Waals surface area contributed by atoms with Crippen molar-refractivity contribution in [3.63, 3.8) is 0 Å². The standard InChI is InChI=1S/C16H12F2N2O3S/c17-13-8-14(18)10-15(9-13)24(22,23)20-7-1-2-11-3-5-12(6-4-11)16(19)21/h3-6,8-10,20H,7H2,(H2,19,21). The van der Waals surface area contributed by atoms with Crippen molar-refractivity contribution in [2.24, 2.45) is 5.73 Å². The van der Waals surface area contributed by atoms with E-state index in [1.165, 1.54) is 12.1 Å². The van der Waals surface area contributed by atoms with Gasteiger partial charge in [0.2, 0.25) is 15.9 Å². The van der Waals surface area contributed by atoms with Gasteiger partial charge in [0.05, 0.1) is 11.4 Å². The number of primary amides is 1. The maximum atomic E-state index is 13.1. The van der Waals surface area contributed by atoms with Crippen molar-refractivity contribution in [3.8, 4) is 11.8 Å². The Hall–Kier alpha value is -2.76. The van der Waals surface area contributed by atoms with Gasteiger partial charge in [-0.3, -0.25) is 4.79 Å². The summed E-state index contributed by atoms with van der Waals surface area (Å²) in [5, 5.41) is 0. The molecule has 24 heavy (non-hydrogen) atoms. The molecule has 124 valence electrons. The molecule has 0 aliphatic carbocycles. The van der Waals surface area contributed by atoms with Crippen LogP contribution in [0.1, 0.15) is 15.9 Å². The second-order valence-electron chi connectivity index (χ2n) is 4.67. The fraction of sp³-hybridized carbons (Fsp3) is 0.0625. The van der Waals surface area contributed by atoms with Crippen LogP contribution in [0.15, 0.2) is 47.4 Å². The van der Waals surface area contributed by atoms with Gasteiger partial charge in [0, 0.05) is 17.2 Å². The van der Waals surface area contributed by atoms with Gasteiger partial charge in [0.1, 0.15) is 11.6 Å². The lowest BCUT2D eigenvalue weighted by Gasteiger charge is -2.04. The molecule has 0 aliphatic rings. The smallest absolute Gasteiger partial charge is 0.248 e. The number of amides is 1. The molecular weight excluding hydrogens is 338 g/mol. The van der Waals surface area contributed by atoms with Gasteiger partial charge < -0.3 is 5.73 Å². The van der Waals surface area contributed by atoms with Gasteiger partial charge in [-0.25, -0.2) is 17.2 Å². The van der Waals surface area contributed by atoms with Crippen LogP contribution in [0, 0.1) is 23.5 Å². The summed E-state index contributed by atoms with van der Waals surface area (Å²) in [7, 11) is -4.07. The van der Waals surface area contributed by atoms with Crippen molar-refractivity contribution in [1.82, 2.24) is 4.72 Å². The molecule has 0 spiro atoms. The van der Waals surface area contributed by atoms with Crippen molar-refractivity contribution in [1.29, 1.82) is 0 Å². The Kier molecular flexibility index (Phi) is 5.28. The van der Waals surface area contributed by atoms with Gasteiger partial charge in [-0.15, -0.1) is 0 Å². The minimum Gasteiger partial charge on any atom is -0.366 e. The molecule has 1 amide bonds. The van der Waals surface area contributed by atoms with Crippen LogP contribution in [0.2, 0.25) is 0 Å². The number of hydrogen-bond acceptors (Lipinski definition) is 3. The summed E-state index contributed by atoms with van der Waals surface area (Å²) in [5.74, 6) is 2.70. The van der Waals surface area contributed by atoms with Gasteiger partial charge in [-0.2, -0.15) is 4.72 Å². The average molecular weight is 350 g/mol. The first-order valence-electron chi connectivity index (χ1n) is 6.62. The largest absolute Gasteiger partial charge is 0.366 e. The number of nitrogens with one attached hydrogen (secondary N) is 1. The zero-order valence-electron chi connectivity index (χ0n) is 12.2. The summed E-state index contributed by atoms with van der Waals surface area (Å²) >= 11 is 0. The molecular formula is C16H12F2N2O3S. The third-order valence-electron chi connectivity index (χ3n) is 2.90. The number of sulfonamides is 1. The summed E-state index contributed by atoms with van der Waals surface area (Å²) in [6.07, 6.45) is 0. The highest BCUT2D eigenvalue weighted by molar-refractivity contribution is 7.89. The fourth-order valence-electron chi connectivity index (χ4n) is 1.76. The molecule has 0 radical (unpaired) electrons. The van der Waals surface area contributed by atoms with Crippen molar-refractivity contribution in [3.05, 3.63) is 65.2 Å². The molecule has 2 aromatic carbocycles. The predicted molar refractivity (Wildman–Crippen MR) is 83.4 cm³/mol. The molecule has 2 rings (SSSR count). The zero-order chi connectivity index (χ0) is 17.7. The third kappa shape index (κ3) is 4.62. The predicted octanol–water partition coefficient (Wildman–Crippen LogP) is 1.39. The van der Waals surface area contributed by atoms with Gasteiger partial charge in [0.15, 0.2) is 0 Å². The van der Waals surface area contributed by atoms with E-state index in [9.17, 15) is 22.0 Å². The number of carbonyl (C=O) groups excluding carboxylic acids is 1. The Morgan fingerprint density at radius 3 is 2.21 bits per heavy atom. The lowest BCUT2D eigenvalue weighted by Crippen LogP contribution is -2.24. The molecule has 0 fully saturated rings. The quantitative estimate of drug-likeness (QED) is 0.817. The van der Waals surface area contributed by atoms with Crippen molar-refractivity contribution >= 4 is 15.9 Å². The molecule has 0 saturated carbocycles. The number of rotatable bonds is 4. The van der Waals surface area contributed by atoms with Crippen LogP contribution in [0.5, 0.6) is 0 Å². The Bertz CT molecular complexity index is 910. The van der Waals surface area contributed by atoms with Crippen LogP contribution in [-0.2, 0) is 10.0 Å². The first-order valence-corrected chi connectivity index (χ1v) is 8.11. The lowest BCUT2D eigenvalue weighted by molar-refractivity contribution is 0.100. The summed E-state index contributed by atoms with van der Waals surface area (Å²) in [6.45, 7) is -0.252. The highest BCUT2D eigenvalue weighted by Crippen LogP contribution is 2.13. The highest BCUT2D eigenvalue weighted by Gasteiger charge is 2.15. The molecule has 2 aromatic rings. The molecule has 0 atom stereocenters. The van der Waals surface area contributed by atoms with E-state index in [1.54, 1.807) is 12.1 Å². The van der Waals surface area contributed by atoms with E-state index >= 15 is 0 Å². The highest BCUT2D eigenvalue weighted by atomic mass is 32.2. The number of nitrogens with two attached hydrogens (primary N) is 1. The van der Waals surface area contributed by atoms with E-state index in [-0.39, 0.29) is 6.54 Å². The Balaban J connectivity index is 2.04. The van der Waals surface area contributed by atoms with Gasteiger partial charge >= 0.3 is 0 Å². The minimum atomic E-state index is -4.07. The fourth-order valence-corrected chi connectivity index (χ4v) is 2.73. The van der Waals surface area contributed by atoms with E-state index in [0.717, 1.165) is 0 Å². The van der Waals surface area contributed by atoms with E-state index < -0.39 is 32.5 Å². The number of benzene rings is 2. The molecule has 0 heterocycles. The normalized spacial score (nSPS) is 10.8. The van der Waals surface area contributed by atoms with E-state index in [2.05, 4.69) is 16.6 Å². The SMILES string of the molecule is NC(=O)c1ccc(C#CCNS(=O)(=O)c2cc(F)cc(F)c2)cc1. The first kappa shape index (κ1) is 17.6. The van der Waals surface area contributed by atoms with Crippen LogP contribution in [-0.4, -0.2) is 20.9 Å². The van der Waals surface area contributed by atoms with Crippen molar-refractivity contribution in [2.45, 2.75) is 4.90 Å².